The Kier molecular flexibility index (Phi) is 6.86. The van der Waals surface area contributed by atoms with Crippen molar-refractivity contribution in [2.75, 3.05) is 40.5 Å². The van der Waals surface area contributed by atoms with E-state index in [1.54, 1.807) is 14.2 Å². The maximum atomic E-state index is 12.0. The van der Waals surface area contributed by atoms with Gasteiger partial charge >= 0.3 is 0 Å². The summed E-state index contributed by atoms with van der Waals surface area (Å²) in [4.78, 5) is 12.0. The van der Waals surface area contributed by atoms with Crippen LogP contribution >= 0.6 is 0 Å². The van der Waals surface area contributed by atoms with Crippen molar-refractivity contribution >= 4 is 5.91 Å². The standard InChI is InChI=1S/C18H28N2O3/c1-22-12-11-19-13-17(21)20-14-18(9-5-6-10-18)15-7-3-4-8-16(15)23-2/h3-4,7-8,19H,5-6,9-14H2,1-2H3,(H,20,21). The number of carbonyl (C=O) groups excluding carboxylic acids is 1. The van der Waals surface area contributed by atoms with E-state index in [2.05, 4.69) is 16.7 Å². The maximum absolute atomic E-state index is 12.0. The molecule has 2 rings (SSSR count). The van der Waals surface area contributed by atoms with Gasteiger partial charge < -0.3 is 20.1 Å². The van der Waals surface area contributed by atoms with E-state index in [0.29, 0.717) is 26.2 Å². The Bertz CT molecular complexity index is 499. The summed E-state index contributed by atoms with van der Waals surface area (Å²) in [5.41, 5.74) is 1.21. The number of rotatable bonds is 9. The first-order valence-electron chi connectivity index (χ1n) is 8.32. The van der Waals surface area contributed by atoms with E-state index in [1.807, 2.05) is 18.2 Å². The number of hydrogen-bond donors (Lipinski definition) is 2. The van der Waals surface area contributed by atoms with Crippen LogP contribution in [-0.4, -0.2) is 46.4 Å². The van der Waals surface area contributed by atoms with Gasteiger partial charge in [0.1, 0.15) is 5.75 Å². The summed E-state index contributed by atoms with van der Waals surface area (Å²) in [6.45, 7) is 2.28. The molecule has 5 nitrogen and oxygen atoms in total. The minimum atomic E-state index is -0.00517. The monoisotopic (exact) mass is 320 g/mol. The molecular formula is C18H28N2O3. The molecule has 0 saturated heterocycles. The number of nitrogens with one attached hydrogen (secondary N) is 2. The second kappa shape index (κ2) is 8.89. The van der Waals surface area contributed by atoms with Gasteiger partial charge in [0.2, 0.25) is 5.91 Å². The van der Waals surface area contributed by atoms with Gasteiger partial charge in [-0.3, -0.25) is 4.79 Å². The van der Waals surface area contributed by atoms with Crippen LogP contribution in [0.15, 0.2) is 24.3 Å². The second-order valence-electron chi connectivity index (χ2n) is 6.13. The molecule has 0 spiro atoms. The first-order valence-corrected chi connectivity index (χ1v) is 8.32. The SMILES string of the molecule is COCCNCC(=O)NCC1(c2ccccc2OC)CCCC1. The fraction of sp³-hybridized carbons (Fsp3) is 0.611. The van der Waals surface area contributed by atoms with Crippen molar-refractivity contribution in [1.29, 1.82) is 0 Å². The molecule has 0 aromatic heterocycles. The van der Waals surface area contributed by atoms with Gasteiger partial charge in [-0.2, -0.15) is 0 Å². The normalized spacial score (nSPS) is 16.3. The quantitative estimate of drug-likeness (QED) is 0.682. The van der Waals surface area contributed by atoms with E-state index >= 15 is 0 Å². The Hall–Kier alpha value is -1.59. The van der Waals surface area contributed by atoms with Crippen LogP contribution in [0.4, 0.5) is 0 Å². The number of benzene rings is 1. The highest BCUT2D eigenvalue weighted by atomic mass is 16.5. The van der Waals surface area contributed by atoms with E-state index < -0.39 is 0 Å². The second-order valence-corrected chi connectivity index (χ2v) is 6.13. The number of ether oxygens (including phenoxy) is 2. The molecule has 23 heavy (non-hydrogen) atoms. The van der Waals surface area contributed by atoms with Crippen molar-refractivity contribution in [3.05, 3.63) is 29.8 Å². The molecule has 2 N–H and O–H groups in total. The third kappa shape index (κ3) is 4.69. The van der Waals surface area contributed by atoms with Crippen LogP contribution in [0.2, 0.25) is 0 Å². The number of hydrogen-bond acceptors (Lipinski definition) is 4. The summed E-state index contributed by atoms with van der Waals surface area (Å²) in [5, 5.41) is 6.17. The van der Waals surface area contributed by atoms with E-state index in [1.165, 1.54) is 18.4 Å². The van der Waals surface area contributed by atoms with Crippen LogP contribution in [0.25, 0.3) is 0 Å². The predicted octanol–water partition coefficient (Wildman–Crippen LogP) is 1.86. The van der Waals surface area contributed by atoms with Crippen molar-refractivity contribution in [3.63, 3.8) is 0 Å². The van der Waals surface area contributed by atoms with Crippen LogP contribution in [0.3, 0.4) is 0 Å². The van der Waals surface area contributed by atoms with E-state index in [4.69, 9.17) is 9.47 Å². The van der Waals surface area contributed by atoms with E-state index in [0.717, 1.165) is 18.6 Å². The maximum Gasteiger partial charge on any atom is 0.233 e. The number of methoxy groups -OCH3 is 2. The molecule has 1 aromatic carbocycles. The summed E-state index contributed by atoms with van der Waals surface area (Å²) >= 11 is 0. The zero-order valence-electron chi connectivity index (χ0n) is 14.2. The predicted molar refractivity (Wildman–Crippen MR) is 90.9 cm³/mol. The smallest absolute Gasteiger partial charge is 0.233 e. The molecule has 1 saturated carbocycles. The Morgan fingerprint density at radius 2 is 1.96 bits per heavy atom. The molecule has 0 heterocycles. The molecule has 0 bridgehead atoms. The molecule has 0 aliphatic heterocycles. The molecule has 0 atom stereocenters. The summed E-state index contributed by atoms with van der Waals surface area (Å²) in [7, 11) is 3.36. The third-order valence-corrected chi connectivity index (χ3v) is 4.63. The Balaban J connectivity index is 1.97. The summed E-state index contributed by atoms with van der Waals surface area (Å²) in [6.07, 6.45) is 4.57. The van der Waals surface area contributed by atoms with E-state index in [9.17, 15) is 4.79 Å². The summed E-state index contributed by atoms with van der Waals surface area (Å²) < 4.78 is 10.5. The van der Waals surface area contributed by atoms with Crippen molar-refractivity contribution in [3.8, 4) is 5.75 Å². The summed E-state index contributed by atoms with van der Waals surface area (Å²) in [5.74, 6) is 0.948. The molecule has 1 amide bonds. The van der Waals surface area contributed by atoms with Gasteiger partial charge in [-0.15, -0.1) is 0 Å². The fourth-order valence-electron chi connectivity index (χ4n) is 3.38. The molecule has 1 aromatic rings. The lowest BCUT2D eigenvalue weighted by atomic mass is 9.78. The highest BCUT2D eigenvalue weighted by Gasteiger charge is 2.37. The van der Waals surface area contributed by atoms with Crippen molar-refractivity contribution in [2.45, 2.75) is 31.1 Å². The van der Waals surface area contributed by atoms with Crippen molar-refractivity contribution < 1.29 is 14.3 Å². The van der Waals surface area contributed by atoms with Gasteiger partial charge in [-0.05, 0) is 18.9 Å². The Morgan fingerprint density at radius 1 is 1.22 bits per heavy atom. The topological polar surface area (TPSA) is 59.6 Å². The van der Waals surface area contributed by atoms with Crippen LogP contribution < -0.4 is 15.4 Å². The van der Waals surface area contributed by atoms with Crippen molar-refractivity contribution in [2.24, 2.45) is 0 Å². The molecule has 1 aliphatic rings. The zero-order chi connectivity index (χ0) is 16.5. The van der Waals surface area contributed by atoms with E-state index in [-0.39, 0.29) is 11.3 Å². The molecule has 1 fully saturated rings. The first-order chi connectivity index (χ1) is 11.2. The third-order valence-electron chi connectivity index (χ3n) is 4.63. The number of para-hydroxylation sites is 1. The van der Waals surface area contributed by atoms with Crippen LogP contribution in [0.5, 0.6) is 5.75 Å². The number of amides is 1. The zero-order valence-corrected chi connectivity index (χ0v) is 14.2. The average Bonchev–Trinajstić information content (AvgIpc) is 3.07. The van der Waals surface area contributed by atoms with Gasteiger partial charge in [-0.25, -0.2) is 0 Å². The largest absolute Gasteiger partial charge is 0.496 e. The average molecular weight is 320 g/mol. The van der Waals surface area contributed by atoms with Crippen LogP contribution in [-0.2, 0) is 14.9 Å². The van der Waals surface area contributed by atoms with Gasteiger partial charge in [-0.1, -0.05) is 31.0 Å². The molecule has 0 unspecified atom stereocenters. The van der Waals surface area contributed by atoms with Gasteiger partial charge in [0.15, 0.2) is 0 Å². The molecule has 1 aliphatic carbocycles. The molecule has 5 heteroatoms. The Morgan fingerprint density at radius 3 is 2.65 bits per heavy atom. The lowest BCUT2D eigenvalue weighted by Gasteiger charge is -2.31. The van der Waals surface area contributed by atoms with Crippen LogP contribution in [0, 0.1) is 0 Å². The van der Waals surface area contributed by atoms with Crippen molar-refractivity contribution in [1.82, 2.24) is 10.6 Å². The van der Waals surface area contributed by atoms with Gasteiger partial charge in [0.05, 0.1) is 20.3 Å². The van der Waals surface area contributed by atoms with Gasteiger partial charge in [0.25, 0.3) is 0 Å². The minimum Gasteiger partial charge on any atom is -0.496 e. The lowest BCUT2D eigenvalue weighted by molar-refractivity contribution is -0.120. The lowest BCUT2D eigenvalue weighted by Crippen LogP contribution is -2.43. The molecular weight excluding hydrogens is 292 g/mol. The fourth-order valence-corrected chi connectivity index (χ4v) is 3.38. The highest BCUT2D eigenvalue weighted by Crippen LogP contribution is 2.44. The molecule has 0 radical (unpaired) electrons. The minimum absolute atomic E-state index is 0.00517. The van der Waals surface area contributed by atoms with Gasteiger partial charge in [0, 0.05) is 31.2 Å². The highest BCUT2D eigenvalue weighted by molar-refractivity contribution is 5.78. The first kappa shape index (κ1) is 17.8. The molecule has 128 valence electrons. The summed E-state index contributed by atoms with van der Waals surface area (Å²) in [6, 6.07) is 8.17. The van der Waals surface area contributed by atoms with Crippen LogP contribution in [0.1, 0.15) is 31.2 Å². The number of carbonyl (C=O) groups is 1. The Labute approximate surface area is 138 Å².